The number of halogens is 1. The Morgan fingerprint density at radius 1 is 1.58 bits per heavy atom. The van der Waals surface area contributed by atoms with Crippen LogP contribution < -0.4 is 0 Å². The first-order valence-electron chi connectivity index (χ1n) is 3.56. The van der Waals surface area contributed by atoms with Gasteiger partial charge in [0.1, 0.15) is 11.5 Å². The van der Waals surface area contributed by atoms with Crippen LogP contribution in [0.15, 0.2) is 18.2 Å². The van der Waals surface area contributed by atoms with E-state index >= 15 is 0 Å². The fraction of sp³-hybridized carbons (Fsp3) is 0.222. The molecule has 12 heavy (non-hydrogen) atoms. The van der Waals surface area contributed by atoms with Crippen molar-refractivity contribution >= 4 is 17.4 Å². The van der Waals surface area contributed by atoms with E-state index in [1.807, 2.05) is 0 Å². The minimum atomic E-state index is 0.0209. The highest BCUT2D eigenvalue weighted by Crippen LogP contribution is 2.22. The summed E-state index contributed by atoms with van der Waals surface area (Å²) in [4.78, 5) is 10.7. The largest absolute Gasteiger partial charge is 0.508 e. The van der Waals surface area contributed by atoms with Crippen molar-refractivity contribution in [1.82, 2.24) is 0 Å². The first-order valence-corrected chi connectivity index (χ1v) is 3.94. The number of benzene rings is 1. The highest BCUT2D eigenvalue weighted by molar-refractivity contribution is 6.30. The summed E-state index contributed by atoms with van der Waals surface area (Å²) >= 11 is 5.61. The summed E-state index contributed by atoms with van der Waals surface area (Å²) < 4.78 is 0. The summed E-state index contributed by atoms with van der Waals surface area (Å²) in [6.45, 7) is 1.48. The second-order valence-electron chi connectivity index (χ2n) is 2.65. The number of hydrogen-bond acceptors (Lipinski definition) is 2. The van der Waals surface area contributed by atoms with Crippen molar-refractivity contribution in [2.45, 2.75) is 13.3 Å². The SMILES string of the molecule is CC(=O)Cc1ccc(Cl)cc1O. The smallest absolute Gasteiger partial charge is 0.134 e. The number of carbonyl (C=O) groups is 1. The zero-order valence-electron chi connectivity index (χ0n) is 6.67. The molecule has 3 heteroatoms. The molecule has 0 aromatic heterocycles. The van der Waals surface area contributed by atoms with Gasteiger partial charge in [0.15, 0.2) is 0 Å². The van der Waals surface area contributed by atoms with E-state index in [2.05, 4.69) is 0 Å². The van der Waals surface area contributed by atoms with E-state index in [-0.39, 0.29) is 18.0 Å². The van der Waals surface area contributed by atoms with Crippen molar-refractivity contribution in [2.75, 3.05) is 0 Å². The van der Waals surface area contributed by atoms with Crippen LogP contribution >= 0.6 is 11.6 Å². The number of phenols is 1. The second-order valence-corrected chi connectivity index (χ2v) is 3.09. The van der Waals surface area contributed by atoms with Crippen LogP contribution in [-0.4, -0.2) is 10.9 Å². The molecule has 0 aliphatic rings. The zero-order chi connectivity index (χ0) is 9.14. The minimum Gasteiger partial charge on any atom is -0.508 e. The zero-order valence-corrected chi connectivity index (χ0v) is 7.43. The quantitative estimate of drug-likeness (QED) is 0.765. The highest BCUT2D eigenvalue weighted by Gasteiger charge is 2.03. The molecule has 0 fully saturated rings. The van der Waals surface area contributed by atoms with Gasteiger partial charge in [0.2, 0.25) is 0 Å². The molecule has 2 nitrogen and oxygen atoms in total. The topological polar surface area (TPSA) is 37.3 Å². The Hall–Kier alpha value is -1.02. The maximum atomic E-state index is 10.7. The second kappa shape index (κ2) is 3.59. The molecule has 0 aliphatic heterocycles. The normalized spacial score (nSPS) is 9.83. The van der Waals surface area contributed by atoms with Crippen LogP contribution in [0.25, 0.3) is 0 Å². The third-order valence-electron chi connectivity index (χ3n) is 1.49. The minimum absolute atomic E-state index is 0.0209. The van der Waals surface area contributed by atoms with E-state index in [9.17, 15) is 9.90 Å². The average Bonchev–Trinajstić information content (AvgIpc) is 1.94. The maximum Gasteiger partial charge on any atom is 0.134 e. The highest BCUT2D eigenvalue weighted by atomic mass is 35.5. The van der Waals surface area contributed by atoms with Crippen molar-refractivity contribution in [3.8, 4) is 5.75 Å². The third-order valence-corrected chi connectivity index (χ3v) is 1.72. The van der Waals surface area contributed by atoms with E-state index in [0.717, 1.165) is 0 Å². The van der Waals surface area contributed by atoms with Crippen LogP contribution in [0.4, 0.5) is 0 Å². The molecule has 1 N–H and O–H groups in total. The van der Waals surface area contributed by atoms with Crippen LogP contribution in [0.5, 0.6) is 5.75 Å². The maximum absolute atomic E-state index is 10.7. The van der Waals surface area contributed by atoms with Gasteiger partial charge in [-0.3, -0.25) is 4.79 Å². The van der Waals surface area contributed by atoms with Gasteiger partial charge in [-0.15, -0.1) is 0 Å². The molecule has 1 aromatic carbocycles. The molecule has 64 valence electrons. The van der Waals surface area contributed by atoms with Gasteiger partial charge in [0, 0.05) is 17.0 Å². The van der Waals surface area contributed by atoms with Gasteiger partial charge >= 0.3 is 0 Å². The Labute approximate surface area is 75.8 Å². The van der Waals surface area contributed by atoms with Gasteiger partial charge < -0.3 is 5.11 Å². The predicted octanol–water partition coefficient (Wildman–Crippen LogP) is 2.18. The number of hydrogen-bond donors (Lipinski definition) is 1. The van der Waals surface area contributed by atoms with E-state index in [0.29, 0.717) is 10.6 Å². The standard InChI is InChI=1S/C9H9ClO2/c1-6(11)4-7-2-3-8(10)5-9(7)12/h2-3,5,12H,4H2,1H3. The number of rotatable bonds is 2. The first kappa shape index (κ1) is 9.07. The van der Waals surface area contributed by atoms with Crippen LogP contribution in [0.3, 0.4) is 0 Å². The Morgan fingerprint density at radius 2 is 2.25 bits per heavy atom. The lowest BCUT2D eigenvalue weighted by Gasteiger charge is -2.01. The van der Waals surface area contributed by atoms with Gasteiger partial charge in [-0.05, 0) is 19.1 Å². The lowest BCUT2D eigenvalue weighted by Crippen LogP contribution is -1.96. The van der Waals surface area contributed by atoms with E-state index in [4.69, 9.17) is 11.6 Å². The van der Waals surface area contributed by atoms with Crippen LogP contribution in [-0.2, 0) is 11.2 Å². The molecule has 0 radical (unpaired) electrons. The van der Waals surface area contributed by atoms with Crippen molar-refractivity contribution in [2.24, 2.45) is 0 Å². The van der Waals surface area contributed by atoms with Crippen molar-refractivity contribution in [3.63, 3.8) is 0 Å². The lowest BCUT2D eigenvalue weighted by atomic mass is 10.1. The number of ketones is 1. The van der Waals surface area contributed by atoms with Crippen molar-refractivity contribution < 1.29 is 9.90 Å². The summed E-state index contributed by atoms with van der Waals surface area (Å²) in [7, 11) is 0. The predicted molar refractivity (Wildman–Crippen MR) is 47.5 cm³/mol. The molecule has 0 bridgehead atoms. The molecule has 0 amide bonds. The molecule has 1 rings (SSSR count). The number of Topliss-reactive ketones (excluding diaryl/α,β-unsaturated/α-hetero) is 1. The molecule has 0 atom stereocenters. The Balaban J connectivity index is 2.93. The fourth-order valence-corrected chi connectivity index (χ4v) is 1.12. The Morgan fingerprint density at radius 3 is 2.75 bits per heavy atom. The van der Waals surface area contributed by atoms with E-state index < -0.39 is 0 Å². The Bertz CT molecular complexity index is 307. The lowest BCUT2D eigenvalue weighted by molar-refractivity contribution is -0.116. The Kier molecular flexibility index (Phi) is 2.71. The monoisotopic (exact) mass is 184 g/mol. The van der Waals surface area contributed by atoms with Crippen LogP contribution in [0.2, 0.25) is 5.02 Å². The third kappa shape index (κ3) is 2.24. The summed E-state index contributed by atoms with van der Waals surface area (Å²) in [5.41, 5.74) is 0.618. The summed E-state index contributed by atoms with van der Waals surface area (Å²) in [6.07, 6.45) is 0.253. The molecule has 0 spiro atoms. The number of aromatic hydroxyl groups is 1. The van der Waals surface area contributed by atoms with Gasteiger partial charge in [0.05, 0.1) is 0 Å². The van der Waals surface area contributed by atoms with Crippen LogP contribution in [0, 0.1) is 0 Å². The van der Waals surface area contributed by atoms with Crippen molar-refractivity contribution in [3.05, 3.63) is 28.8 Å². The van der Waals surface area contributed by atoms with Gasteiger partial charge in [-0.25, -0.2) is 0 Å². The first-order chi connectivity index (χ1) is 5.59. The molecule has 0 saturated carbocycles. The van der Waals surface area contributed by atoms with Gasteiger partial charge in [-0.2, -0.15) is 0 Å². The number of carbonyl (C=O) groups excluding carboxylic acids is 1. The number of phenolic OH excluding ortho intramolecular Hbond substituents is 1. The van der Waals surface area contributed by atoms with Gasteiger partial charge in [0.25, 0.3) is 0 Å². The van der Waals surface area contributed by atoms with Crippen LogP contribution in [0.1, 0.15) is 12.5 Å². The molecule has 0 heterocycles. The average molecular weight is 185 g/mol. The molecule has 0 unspecified atom stereocenters. The molecular formula is C9H9ClO2. The summed E-state index contributed by atoms with van der Waals surface area (Å²) in [5.74, 6) is 0.102. The molecule has 0 saturated heterocycles. The van der Waals surface area contributed by atoms with E-state index in [1.165, 1.54) is 13.0 Å². The molecule has 0 aliphatic carbocycles. The van der Waals surface area contributed by atoms with Gasteiger partial charge in [-0.1, -0.05) is 17.7 Å². The summed E-state index contributed by atoms with van der Waals surface area (Å²) in [5, 5.41) is 9.78. The fourth-order valence-electron chi connectivity index (χ4n) is 0.955. The van der Waals surface area contributed by atoms with Crippen molar-refractivity contribution in [1.29, 1.82) is 0 Å². The molecular weight excluding hydrogens is 176 g/mol. The summed E-state index contributed by atoms with van der Waals surface area (Å²) in [6, 6.07) is 4.73. The van der Waals surface area contributed by atoms with E-state index in [1.54, 1.807) is 12.1 Å². The molecule has 1 aromatic rings.